The highest BCUT2D eigenvalue weighted by Crippen LogP contribution is 2.33. The largest absolute Gasteiger partial charge is 0.386 e. The number of thioether (sulfide) groups is 1. The second-order valence-electron chi connectivity index (χ2n) is 7.64. The monoisotopic (exact) mass is 562 g/mol. The summed E-state index contributed by atoms with van der Waals surface area (Å²) in [7, 11) is 1.78. The number of guanidine groups is 1. The molecule has 2 aromatic rings. The molecule has 30 heavy (non-hydrogen) atoms. The Kier molecular flexibility index (Phi) is 9.08. The van der Waals surface area contributed by atoms with Crippen LogP contribution < -0.4 is 10.6 Å². The number of thiophene rings is 1. The van der Waals surface area contributed by atoms with Gasteiger partial charge in [0, 0.05) is 54.1 Å². The predicted octanol–water partition coefficient (Wildman–Crippen LogP) is 2.93. The lowest BCUT2D eigenvalue weighted by Gasteiger charge is -2.43. The summed E-state index contributed by atoms with van der Waals surface area (Å²) in [4.78, 5) is 7.93. The van der Waals surface area contributed by atoms with Gasteiger partial charge >= 0.3 is 0 Å². The predicted molar refractivity (Wildman–Crippen MR) is 139 cm³/mol. The van der Waals surface area contributed by atoms with Crippen LogP contribution in [0.3, 0.4) is 0 Å². The normalized spacial score (nSPS) is 23.9. The highest BCUT2D eigenvalue weighted by Gasteiger charge is 2.40. The first-order chi connectivity index (χ1) is 14.2. The second-order valence-corrected chi connectivity index (χ2v) is 9.86. The molecule has 3 heterocycles. The van der Waals surface area contributed by atoms with Crippen LogP contribution in [-0.2, 0) is 4.74 Å². The van der Waals surface area contributed by atoms with Crippen LogP contribution in [0.5, 0.6) is 0 Å². The smallest absolute Gasteiger partial charge is 0.191 e. The van der Waals surface area contributed by atoms with E-state index in [2.05, 4.69) is 38.7 Å². The maximum atomic E-state index is 10.6. The van der Waals surface area contributed by atoms with Gasteiger partial charge in [-0.15, -0.1) is 35.3 Å². The average molecular weight is 563 g/mol. The van der Waals surface area contributed by atoms with E-state index in [4.69, 9.17) is 4.74 Å². The van der Waals surface area contributed by atoms with Gasteiger partial charge in [-0.3, -0.25) is 9.89 Å². The molecule has 1 aromatic carbocycles. The molecule has 0 bridgehead atoms. The summed E-state index contributed by atoms with van der Waals surface area (Å²) in [5.41, 5.74) is 0.163. The number of benzene rings is 1. The van der Waals surface area contributed by atoms with Crippen LogP contribution in [0.2, 0.25) is 0 Å². The highest BCUT2D eigenvalue weighted by molar-refractivity contribution is 14.0. The molecule has 0 saturated carbocycles. The number of rotatable bonds is 6. The molecule has 2 fully saturated rings. The van der Waals surface area contributed by atoms with Gasteiger partial charge in [0.1, 0.15) is 6.10 Å². The summed E-state index contributed by atoms with van der Waals surface area (Å²) in [6, 6.07) is 10.3. The molecule has 2 unspecified atom stereocenters. The summed E-state index contributed by atoms with van der Waals surface area (Å²) in [6.07, 6.45) is 0.632. The first-order valence-corrected chi connectivity index (χ1v) is 12.2. The van der Waals surface area contributed by atoms with Gasteiger partial charge in [-0.1, -0.05) is 18.2 Å². The molecule has 2 aliphatic rings. The Morgan fingerprint density at radius 1 is 1.30 bits per heavy atom. The van der Waals surface area contributed by atoms with Crippen LogP contribution in [0.1, 0.15) is 17.4 Å². The Balaban J connectivity index is 0.00000256. The van der Waals surface area contributed by atoms with Crippen LogP contribution in [0.15, 0.2) is 35.3 Å². The van der Waals surface area contributed by atoms with Crippen LogP contribution in [0.4, 0.5) is 0 Å². The van der Waals surface area contributed by atoms with Crippen molar-refractivity contribution in [3.8, 4) is 0 Å². The van der Waals surface area contributed by atoms with Crippen LogP contribution in [-0.4, -0.2) is 79.5 Å². The fraction of sp³-hybridized carbons (Fsp3) is 0.571. The molecule has 166 valence electrons. The molecule has 3 N–H and O–H groups in total. The third kappa shape index (κ3) is 5.60. The van der Waals surface area contributed by atoms with Crippen LogP contribution in [0.25, 0.3) is 10.1 Å². The Bertz CT molecular complexity index is 802. The summed E-state index contributed by atoms with van der Waals surface area (Å²) in [6.45, 7) is 4.93. The summed E-state index contributed by atoms with van der Waals surface area (Å²) < 4.78 is 6.75. The third-order valence-electron chi connectivity index (χ3n) is 5.81. The molecular formula is C21H31IN4O2S2. The Morgan fingerprint density at radius 3 is 2.80 bits per heavy atom. The highest BCUT2D eigenvalue weighted by atomic mass is 127. The van der Waals surface area contributed by atoms with E-state index in [-0.39, 0.29) is 29.5 Å². The van der Waals surface area contributed by atoms with Gasteiger partial charge in [0.2, 0.25) is 0 Å². The summed E-state index contributed by atoms with van der Waals surface area (Å²) >= 11 is 3.68. The zero-order valence-electron chi connectivity index (χ0n) is 17.3. The van der Waals surface area contributed by atoms with E-state index in [1.54, 1.807) is 18.4 Å². The quantitative estimate of drug-likeness (QED) is 0.286. The molecule has 2 atom stereocenters. The molecule has 2 saturated heterocycles. The van der Waals surface area contributed by atoms with Crippen molar-refractivity contribution < 1.29 is 9.84 Å². The van der Waals surface area contributed by atoms with Gasteiger partial charge in [-0.2, -0.15) is 11.8 Å². The molecule has 6 nitrogen and oxygen atoms in total. The summed E-state index contributed by atoms with van der Waals surface area (Å²) in [5, 5.41) is 18.6. The third-order valence-corrected chi connectivity index (χ3v) is 8.26. The number of hydrogen-bond donors (Lipinski definition) is 3. The Labute approximate surface area is 203 Å². The number of ether oxygens (including phenoxy) is 1. The fourth-order valence-electron chi connectivity index (χ4n) is 4.06. The topological polar surface area (TPSA) is 69.1 Å². The lowest BCUT2D eigenvalue weighted by molar-refractivity contribution is -0.0120. The number of aliphatic imine (C=N–C) groups is 1. The Hall–Kier alpha value is -0.590. The van der Waals surface area contributed by atoms with Gasteiger partial charge in [0.15, 0.2) is 5.96 Å². The van der Waals surface area contributed by atoms with Crippen LogP contribution in [0, 0.1) is 0 Å². The minimum absolute atomic E-state index is 0. The maximum Gasteiger partial charge on any atom is 0.191 e. The molecular weight excluding hydrogens is 531 g/mol. The fourth-order valence-corrected chi connectivity index (χ4v) is 6.59. The van der Waals surface area contributed by atoms with Crippen molar-refractivity contribution in [2.45, 2.75) is 18.1 Å². The lowest BCUT2D eigenvalue weighted by atomic mass is 9.95. The van der Waals surface area contributed by atoms with Crippen molar-refractivity contribution in [2.75, 3.05) is 57.9 Å². The molecule has 1 aromatic heterocycles. The number of nitrogens with one attached hydrogen (secondary N) is 2. The van der Waals surface area contributed by atoms with Crippen molar-refractivity contribution in [2.24, 2.45) is 4.99 Å². The lowest BCUT2D eigenvalue weighted by Crippen LogP contribution is -2.60. The first-order valence-electron chi connectivity index (χ1n) is 10.2. The van der Waals surface area contributed by atoms with Gasteiger partial charge in [0.25, 0.3) is 0 Å². The maximum absolute atomic E-state index is 10.6. The molecule has 0 spiro atoms. The van der Waals surface area contributed by atoms with Crippen molar-refractivity contribution in [3.63, 3.8) is 0 Å². The van der Waals surface area contributed by atoms with Crippen LogP contribution >= 0.6 is 47.1 Å². The first kappa shape index (κ1) is 24.1. The van der Waals surface area contributed by atoms with E-state index in [0.29, 0.717) is 6.54 Å². The molecule has 0 aliphatic carbocycles. The van der Waals surface area contributed by atoms with Crippen molar-refractivity contribution in [1.82, 2.24) is 15.5 Å². The molecule has 0 radical (unpaired) electrons. The standard InChI is InChI=1S/C21H30N4O2S2.HI/c1-22-20(23-13-17(26)19-12-16-4-2-3-5-18(16)29-19)24-14-21(6-11-28-15-21)25-7-9-27-10-8-25;/h2-5,12,17,26H,6-11,13-15H2,1H3,(H2,22,23,24);1H. The number of nitrogens with zero attached hydrogens (tertiary/aromatic N) is 2. The number of halogens is 1. The molecule has 9 heteroatoms. The average Bonchev–Trinajstić information content (AvgIpc) is 3.42. The number of morpholine rings is 1. The number of aliphatic hydroxyl groups excluding tert-OH is 1. The molecule has 0 amide bonds. The van der Waals surface area contributed by atoms with Gasteiger partial charge in [-0.05, 0) is 29.7 Å². The van der Waals surface area contributed by atoms with E-state index in [1.807, 2.05) is 23.9 Å². The van der Waals surface area contributed by atoms with Gasteiger partial charge < -0.3 is 20.5 Å². The number of aliphatic hydroxyl groups is 1. The van der Waals surface area contributed by atoms with Crippen molar-refractivity contribution in [3.05, 3.63) is 35.2 Å². The number of fused-ring (bicyclic) bond motifs is 1. The van der Waals surface area contributed by atoms with E-state index >= 15 is 0 Å². The van der Waals surface area contributed by atoms with E-state index < -0.39 is 6.10 Å². The second kappa shape index (κ2) is 11.3. The van der Waals surface area contributed by atoms with E-state index in [0.717, 1.165) is 49.4 Å². The minimum Gasteiger partial charge on any atom is -0.386 e. The zero-order chi connectivity index (χ0) is 20.1. The Morgan fingerprint density at radius 2 is 2.10 bits per heavy atom. The van der Waals surface area contributed by atoms with E-state index in [1.165, 1.54) is 22.3 Å². The number of hydrogen-bond acceptors (Lipinski definition) is 6. The van der Waals surface area contributed by atoms with Crippen molar-refractivity contribution in [1.29, 1.82) is 0 Å². The molecule has 2 aliphatic heterocycles. The van der Waals surface area contributed by atoms with Gasteiger partial charge in [-0.25, -0.2) is 0 Å². The van der Waals surface area contributed by atoms with Crippen molar-refractivity contribution >= 4 is 63.1 Å². The molecule has 4 rings (SSSR count). The zero-order valence-corrected chi connectivity index (χ0v) is 21.3. The SMILES string of the molecule is CN=C(NCC(O)c1cc2ccccc2s1)NCC1(N2CCOCC2)CCSC1.I. The summed E-state index contributed by atoms with van der Waals surface area (Å²) in [5.74, 6) is 3.09. The minimum atomic E-state index is -0.554. The van der Waals surface area contributed by atoms with E-state index in [9.17, 15) is 5.11 Å². The van der Waals surface area contributed by atoms with Gasteiger partial charge in [0.05, 0.1) is 13.2 Å².